The highest BCUT2D eigenvalue weighted by atomic mass is 16.6. The molecule has 2 rings (SSSR count). The molecule has 108 valence electrons. The molecule has 1 aliphatic rings. The van der Waals surface area contributed by atoms with E-state index in [9.17, 15) is 20.0 Å². The molecule has 0 radical (unpaired) electrons. The Morgan fingerprint density at radius 3 is 2.80 bits per heavy atom. The van der Waals surface area contributed by atoms with Gasteiger partial charge in [0.25, 0.3) is 5.69 Å². The van der Waals surface area contributed by atoms with Crippen LogP contribution < -0.4 is 4.90 Å². The third kappa shape index (κ3) is 2.31. The van der Waals surface area contributed by atoms with Crippen LogP contribution in [-0.4, -0.2) is 34.1 Å². The Labute approximate surface area is 116 Å². The fourth-order valence-electron chi connectivity index (χ4n) is 2.65. The van der Waals surface area contributed by atoms with Gasteiger partial charge in [-0.1, -0.05) is 6.92 Å². The molecule has 1 fully saturated rings. The lowest BCUT2D eigenvalue weighted by molar-refractivity contribution is -0.385. The number of pyridine rings is 1. The van der Waals surface area contributed by atoms with Crippen LogP contribution in [0.4, 0.5) is 11.5 Å². The summed E-state index contributed by atoms with van der Waals surface area (Å²) in [5.74, 6) is -0.158. The van der Waals surface area contributed by atoms with Crippen LogP contribution in [0.25, 0.3) is 0 Å². The molecule has 20 heavy (non-hydrogen) atoms. The van der Waals surface area contributed by atoms with Crippen molar-refractivity contribution in [2.24, 2.45) is 5.41 Å². The van der Waals surface area contributed by atoms with Crippen LogP contribution >= 0.6 is 0 Å². The number of carboxylic acid groups (broad SMARTS) is 1. The first kappa shape index (κ1) is 14.2. The summed E-state index contributed by atoms with van der Waals surface area (Å²) in [7, 11) is 0. The maximum Gasteiger partial charge on any atom is 0.311 e. The number of hydrogen-bond acceptors (Lipinski definition) is 5. The Kier molecular flexibility index (Phi) is 3.61. The molecule has 0 aromatic carbocycles. The maximum atomic E-state index is 11.4. The second kappa shape index (κ2) is 5.07. The van der Waals surface area contributed by atoms with E-state index in [-0.39, 0.29) is 5.69 Å². The van der Waals surface area contributed by atoms with Crippen LogP contribution in [0.5, 0.6) is 0 Å². The zero-order valence-corrected chi connectivity index (χ0v) is 11.5. The summed E-state index contributed by atoms with van der Waals surface area (Å²) in [5.41, 5.74) is -0.0995. The number of aliphatic carboxylic acids is 1. The zero-order chi connectivity index (χ0) is 14.9. The molecule has 0 amide bonds. The van der Waals surface area contributed by atoms with E-state index < -0.39 is 16.3 Å². The fourth-order valence-corrected chi connectivity index (χ4v) is 2.65. The molecule has 0 aliphatic carbocycles. The van der Waals surface area contributed by atoms with Gasteiger partial charge in [-0.25, -0.2) is 4.98 Å². The highest BCUT2D eigenvalue weighted by Crippen LogP contribution is 2.37. The summed E-state index contributed by atoms with van der Waals surface area (Å²) < 4.78 is 0. The topological polar surface area (TPSA) is 96.6 Å². The minimum atomic E-state index is -0.790. The highest BCUT2D eigenvalue weighted by Gasteiger charge is 2.44. The number of hydrogen-bond donors (Lipinski definition) is 1. The molecule has 1 aromatic heterocycles. The van der Waals surface area contributed by atoms with Crippen molar-refractivity contribution in [1.82, 2.24) is 4.98 Å². The average Bonchev–Trinajstić information content (AvgIpc) is 2.84. The van der Waals surface area contributed by atoms with E-state index in [0.29, 0.717) is 37.3 Å². The molecule has 1 unspecified atom stereocenters. The molecule has 1 N–H and O–H groups in total. The summed E-state index contributed by atoms with van der Waals surface area (Å²) in [6.07, 6.45) is 2.34. The Balaban J connectivity index is 2.26. The molecule has 1 saturated heterocycles. The third-order valence-electron chi connectivity index (χ3n) is 4.03. The summed E-state index contributed by atoms with van der Waals surface area (Å²) in [6.45, 7) is 4.62. The number of carbonyl (C=O) groups is 1. The van der Waals surface area contributed by atoms with E-state index in [4.69, 9.17) is 0 Å². The number of anilines is 1. The molecule has 0 saturated carbocycles. The summed E-state index contributed by atoms with van der Waals surface area (Å²) in [5, 5.41) is 20.1. The zero-order valence-electron chi connectivity index (χ0n) is 11.5. The van der Waals surface area contributed by atoms with Crippen molar-refractivity contribution in [3.63, 3.8) is 0 Å². The fraction of sp³-hybridized carbons (Fsp3) is 0.538. The average molecular weight is 279 g/mol. The molecule has 1 atom stereocenters. The number of aryl methyl sites for hydroxylation is 1. The van der Waals surface area contributed by atoms with E-state index in [1.165, 1.54) is 12.3 Å². The quantitative estimate of drug-likeness (QED) is 0.668. The van der Waals surface area contributed by atoms with Crippen LogP contribution in [0.2, 0.25) is 0 Å². The Morgan fingerprint density at radius 2 is 2.35 bits per heavy atom. The van der Waals surface area contributed by atoms with Gasteiger partial charge >= 0.3 is 5.97 Å². The molecule has 0 bridgehead atoms. The first-order chi connectivity index (χ1) is 9.39. The van der Waals surface area contributed by atoms with Gasteiger partial charge in [0.15, 0.2) is 0 Å². The molecular weight excluding hydrogens is 262 g/mol. The van der Waals surface area contributed by atoms with Crippen LogP contribution in [0.1, 0.15) is 25.3 Å². The van der Waals surface area contributed by atoms with Gasteiger partial charge < -0.3 is 10.0 Å². The number of nitro groups is 1. The van der Waals surface area contributed by atoms with Gasteiger partial charge in [-0.15, -0.1) is 0 Å². The van der Waals surface area contributed by atoms with Crippen LogP contribution in [0.15, 0.2) is 12.3 Å². The van der Waals surface area contributed by atoms with E-state index in [2.05, 4.69) is 4.98 Å². The van der Waals surface area contributed by atoms with Gasteiger partial charge in [-0.05, 0) is 25.3 Å². The van der Waals surface area contributed by atoms with Crippen molar-refractivity contribution >= 4 is 17.5 Å². The lowest BCUT2D eigenvalue weighted by Crippen LogP contribution is -2.34. The highest BCUT2D eigenvalue weighted by molar-refractivity contribution is 5.76. The van der Waals surface area contributed by atoms with Crippen molar-refractivity contribution in [1.29, 1.82) is 0 Å². The second-order valence-corrected chi connectivity index (χ2v) is 5.20. The Hall–Kier alpha value is -2.18. The van der Waals surface area contributed by atoms with Crippen molar-refractivity contribution < 1.29 is 14.8 Å². The van der Waals surface area contributed by atoms with Crippen LogP contribution in [0.3, 0.4) is 0 Å². The Bertz CT molecular complexity index is 561. The molecule has 0 spiro atoms. The van der Waals surface area contributed by atoms with Gasteiger partial charge in [0.05, 0.1) is 10.3 Å². The van der Waals surface area contributed by atoms with Crippen molar-refractivity contribution in [3.8, 4) is 0 Å². The summed E-state index contributed by atoms with van der Waals surface area (Å²) in [4.78, 5) is 27.7. The minimum Gasteiger partial charge on any atom is -0.481 e. The molecule has 7 nitrogen and oxygen atoms in total. The predicted octanol–water partition coefficient (Wildman–Crippen LogP) is 1.99. The number of aromatic nitrogens is 1. The van der Waals surface area contributed by atoms with E-state index in [1.807, 2.05) is 11.8 Å². The van der Waals surface area contributed by atoms with Gasteiger partial charge in [0.1, 0.15) is 12.0 Å². The standard InChI is InChI=1S/C13H17N3O4/c1-3-13(12(17)18)4-5-15(8-13)11-9(2)6-10(7-14-11)16(19)20/h6-7H,3-5,8H2,1-2H3,(H,17,18). The third-order valence-corrected chi connectivity index (χ3v) is 4.03. The number of nitrogens with zero attached hydrogens (tertiary/aromatic N) is 3. The lowest BCUT2D eigenvalue weighted by atomic mass is 9.84. The monoisotopic (exact) mass is 279 g/mol. The first-order valence-electron chi connectivity index (χ1n) is 6.49. The first-order valence-corrected chi connectivity index (χ1v) is 6.49. The molecule has 7 heteroatoms. The largest absolute Gasteiger partial charge is 0.481 e. The SMILES string of the molecule is CCC1(C(=O)O)CCN(c2ncc([N+](=O)[O-])cc2C)C1. The van der Waals surface area contributed by atoms with Crippen LogP contribution in [0, 0.1) is 22.5 Å². The van der Waals surface area contributed by atoms with E-state index in [1.54, 1.807) is 6.92 Å². The van der Waals surface area contributed by atoms with Crippen LogP contribution in [-0.2, 0) is 4.79 Å². The molecule has 2 heterocycles. The summed E-state index contributed by atoms with van der Waals surface area (Å²) >= 11 is 0. The molecule has 1 aromatic rings. The molecule has 1 aliphatic heterocycles. The Morgan fingerprint density at radius 1 is 1.65 bits per heavy atom. The van der Waals surface area contributed by atoms with Crippen molar-refractivity contribution in [2.45, 2.75) is 26.7 Å². The normalized spacial score (nSPS) is 22.0. The van der Waals surface area contributed by atoms with Gasteiger partial charge in [-0.3, -0.25) is 14.9 Å². The minimum absolute atomic E-state index is 0.0505. The number of carboxylic acids is 1. The maximum absolute atomic E-state index is 11.4. The predicted molar refractivity (Wildman–Crippen MR) is 72.8 cm³/mol. The van der Waals surface area contributed by atoms with Gasteiger partial charge in [0, 0.05) is 19.2 Å². The van der Waals surface area contributed by atoms with Crippen molar-refractivity contribution in [3.05, 3.63) is 27.9 Å². The second-order valence-electron chi connectivity index (χ2n) is 5.20. The lowest BCUT2D eigenvalue weighted by Gasteiger charge is -2.24. The molecular formula is C13H17N3O4. The van der Waals surface area contributed by atoms with Gasteiger partial charge in [-0.2, -0.15) is 0 Å². The smallest absolute Gasteiger partial charge is 0.311 e. The van der Waals surface area contributed by atoms with E-state index >= 15 is 0 Å². The van der Waals surface area contributed by atoms with Gasteiger partial charge in [0.2, 0.25) is 0 Å². The summed E-state index contributed by atoms with van der Waals surface area (Å²) in [6, 6.07) is 1.47. The van der Waals surface area contributed by atoms with Crippen molar-refractivity contribution in [2.75, 3.05) is 18.0 Å². The number of rotatable bonds is 4. The van der Waals surface area contributed by atoms with E-state index in [0.717, 1.165) is 0 Å².